The van der Waals surface area contributed by atoms with E-state index in [0.29, 0.717) is 32.2 Å². The molecule has 2 aromatic rings. The molecule has 2 aromatic carbocycles. The lowest BCUT2D eigenvalue weighted by Crippen LogP contribution is -2.35. The smallest absolute Gasteiger partial charge is 0.337 e. The zero-order chi connectivity index (χ0) is 20.8. The molecule has 0 saturated carbocycles. The number of alkyl halides is 1. The molecule has 0 bridgehead atoms. The number of halogens is 2. The van der Waals surface area contributed by atoms with Gasteiger partial charge in [-0.05, 0) is 78.3 Å². The van der Waals surface area contributed by atoms with Crippen molar-refractivity contribution in [3.8, 4) is 5.75 Å². The highest BCUT2D eigenvalue weighted by Gasteiger charge is 2.22. The summed E-state index contributed by atoms with van der Waals surface area (Å²) in [5.74, 6) is 0.0808. The van der Waals surface area contributed by atoms with Gasteiger partial charge in [0.05, 0.1) is 28.9 Å². The van der Waals surface area contributed by atoms with Crippen LogP contribution in [0, 0.1) is 0 Å². The second-order valence-electron chi connectivity index (χ2n) is 6.63. The maximum Gasteiger partial charge on any atom is 0.337 e. The molecule has 1 saturated heterocycles. The summed E-state index contributed by atoms with van der Waals surface area (Å²) in [6, 6.07) is 10.3. The highest BCUT2D eigenvalue weighted by molar-refractivity contribution is 14.1. The van der Waals surface area contributed by atoms with Crippen LogP contribution >= 0.6 is 34.2 Å². The standard InChI is InChI=1S/C21H22ClIN2O4/c1-28-21(27)14-5-7-15(8-6-14)24-18-12-17(22)16(11-19(18)29-13-23)20(26)25-9-3-2-4-10-25/h5-8,11-12,24H,2-4,9-10,13H2,1H3. The van der Waals surface area contributed by atoms with Gasteiger partial charge in [0.15, 0.2) is 0 Å². The Morgan fingerprint density at radius 1 is 1.14 bits per heavy atom. The minimum atomic E-state index is -0.394. The molecule has 1 aliphatic rings. The fourth-order valence-corrected chi connectivity index (χ4v) is 3.80. The Bertz CT molecular complexity index is 883. The predicted molar refractivity (Wildman–Crippen MR) is 122 cm³/mol. The molecule has 6 nitrogen and oxygen atoms in total. The van der Waals surface area contributed by atoms with Gasteiger partial charge in [0.25, 0.3) is 5.91 Å². The maximum absolute atomic E-state index is 12.9. The minimum Gasteiger partial charge on any atom is -0.481 e. The summed E-state index contributed by atoms with van der Waals surface area (Å²) in [4.78, 5) is 26.3. The van der Waals surface area contributed by atoms with Crippen LogP contribution in [0.15, 0.2) is 36.4 Å². The highest BCUT2D eigenvalue weighted by atomic mass is 127. The molecular formula is C21H22ClIN2O4. The van der Waals surface area contributed by atoms with E-state index in [1.165, 1.54) is 7.11 Å². The Morgan fingerprint density at radius 2 is 1.83 bits per heavy atom. The van der Waals surface area contributed by atoms with Crippen LogP contribution in [0.4, 0.5) is 11.4 Å². The number of ether oxygens (including phenoxy) is 2. The number of carbonyl (C=O) groups excluding carboxylic acids is 2. The van der Waals surface area contributed by atoms with E-state index in [1.807, 2.05) is 4.90 Å². The van der Waals surface area contributed by atoms with Crippen LogP contribution in [0.5, 0.6) is 5.75 Å². The van der Waals surface area contributed by atoms with Crippen LogP contribution in [0.1, 0.15) is 40.0 Å². The van der Waals surface area contributed by atoms with Crippen molar-refractivity contribution in [3.05, 3.63) is 52.5 Å². The van der Waals surface area contributed by atoms with E-state index in [0.717, 1.165) is 38.0 Å². The normalized spacial score (nSPS) is 13.7. The van der Waals surface area contributed by atoms with Gasteiger partial charge in [-0.2, -0.15) is 0 Å². The number of hydrogen-bond donors (Lipinski definition) is 1. The number of methoxy groups -OCH3 is 1. The summed E-state index contributed by atoms with van der Waals surface area (Å²) >= 11 is 8.57. The van der Waals surface area contributed by atoms with Crippen molar-refractivity contribution in [2.45, 2.75) is 19.3 Å². The number of esters is 1. The summed E-state index contributed by atoms with van der Waals surface area (Å²) in [5.41, 5.74) is 2.30. The van der Waals surface area contributed by atoms with Crippen molar-refractivity contribution in [3.63, 3.8) is 0 Å². The van der Waals surface area contributed by atoms with Crippen molar-refractivity contribution in [2.75, 3.05) is 30.1 Å². The number of nitrogens with one attached hydrogen (secondary N) is 1. The first-order valence-electron chi connectivity index (χ1n) is 9.30. The van der Waals surface area contributed by atoms with Gasteiger partial charge in [0, 0.05) is 18.8 Å². The molecule has 1 aliphatic heterocycles. The van der Waals surface area contributed by atoms with E-state index < -0.39 is 5.97 Å². The Labute approximate surface area is 188 Å². The lowest BCUT2D eigenvalue weighted by Gasteiger charge is -2.27. The summed E-state index contributed by atoms with van der Waals surface area (Å²) in [5, 5.41) is 3.61. The van der Waals surface area contributed by atoms with E-state index in [4.69, 9.17) is 21.1 Å². The van der Waals surface area contributed by atoms with Crippen molar-refractivity contribution in [2.24, 2.45) is 0 Å². The summed E-state index contributed by atoms with van der Waals surface area (Å²) in [7, 11) is 1.34. The number of nitrogens with zero attached hydrogens (tertiary/aromatic N) is 1. The number of rotatable bonds is 6. The van der Waals surface area contributed by atoms with Crippen molar-refractivity contribution in [1.82, 2.24) is 4.90 Å². The van der Waals surface area contributed by atoms with Gasteiger partial charge in [-0.15, -0.1) is 0 Å². The number of likely N-dealkylation sites (tertiary alicyclic amines) is 1. The van der Waals surface area contributed by atoms with E-state index in [1.54, 1.807) is 36.4 Å². The molecule has 29 heavy (non-hydrogen) atoms. The fourth-order valence-electron chi connectivity index (χ4n) is 3.22. The number of amides is 1. The Morgan fingerprint density at radius 3 is 2.45 bits per heavy atom. The summed E-state index contributed by atoms with van der Waals surface area (Å²) in [6.07, 6.45) is 3.18. The average Bonchev–Trinajstić information content (AvgIpc) is 2.75. The summed E-state index contributed by atoms with van der Waals surface area (Å²) in [6.45, 7) is 1.51. The van der Waals surface area contributed by atoms with Crippen molar-refractivity contribution < 1.29 is 19.1 Å². The molecule has 0 spiro atoms. The maximum atomic E-state index is 12.9. The molecule has 1 N–H and O–H groups in total. The predicted octanol–water partition coefficient (Wildman–Crippen LogP) is 5.27. The van der Waals surface area contributed by atoms with Crippen molar-refractivity contribution in [1.29, 1.82) is 0 Å². The van der Waals surface area contributed by atoms with Crippen LogP contribution in [0.2, 0.25) is 5.02 Å². The third kappa shape index (κ3) is 5.33. The quantitative estimate of drug-likeness (QED) is 0.314. The zero-order valence-electron chi connectivity index (χ0n) is 16.0. The molecule has 154 valence electrons. The Kier molecular flexibility index (Phi) is 7.60. The molecule has 0 unspecified atom stereocenters. The van der Waals surface area contributed by atoms with Gasteiger partial charge >= 0.3 is 5.97 Å². The monoisotopic (exact) mass is 528 g/mol. The third-order valence-corrected chi connectivity index (χ3v) is 5.36. The first-order chi connectivity index (χ1) is 14.0. The lowest BCUT2D eigenvalue weighted by atomic mass is 10.1. The summed E-state index contributed by atoms with van der Waals surface area (Å²) < 4.78 is 10.9. The van der Waals surface area contributed by atoms with E-state index in [-0.39, 0.29) is 5.91 Å². The van der Waals surface area contributed by atoms with Crippen LogP contribution in [0.25, 0.3) is 0 Å². The number of anilines is 2. The van der Waals surface area contributed by atoms with Crippen LogP contribution in [-0.4, -0.2) is 41.6 Å². The largest absolute Gasteiger partial charge is 0.481 e. The number of carbonyl (C=O) groups is 2. The highest BCUT2D eigenvalue weighted by Crippen LogP contribution is 2.35. The van der Waals surface area contributed by atoms with Gasteiger partial charge in [-0.25, -0.2) is 4.79 Å². The van der Waals surface area contributed by atoms with Gasteiger partial charge in [-0.1, -0.05) is 11.6 Å². The minimum absolute atomic E-state index is 0.0676. The molecule has 0 aromatic heterocycles. The molecule has 0 atom stereocenters. The van der Waals surface area contributed by atoms with Crippen LogP contribution in [0.3, 0.4) is 0 Å². The molecular weight excluding hydrogens is 507 g/mol. The molecule has 8 heteroatoms. The molecule has 0 aliphatic carbocycles. The SMILES string of the molecule is COC(=O)c1ccc(Nc2cc(Cl)c(C(=O)N3CCCCC3)cc2OCI)cc1. The number of benzene rings is 2. The van der Waals surface area contributed by atoms with E-state index >= 15 is 0 Å². The molecule has 1 fully saturated rings. The number of piperidine rings is 1. The second-order valence-corrected chi connectivity index (χ2v) is 7.66. The van der Waals surface area contributed by atoms with Gasteiger partial charge in [0.1, 0.15) is 10.4 Å². The molecule has 1 heterocycles. The molecule has 3 rings (SSSR count). The van der Waals surface area contributed by atoms with Crippen LogP contribution in [-0.2, 0) is 4.74 Å². The van der Waals surface area contributed by atoms with Gasteiger partial charge in [-0.3, -0.25) is 4.79 Å². The lowest BCUT2D eigenvalue weighted by molar-refractivity contribution is 0.0600. The zero-order valence-corrected chi connectivity index (χ0v) is 19.0. The van der Waals surface area contributed by atoms with E-state index in [9.17, 15) is 9.59 Å². The first-order valence-corrected chi connectivity index (χ1v) is 11.2. The van der Waals surface area contributed by atoms with Gasteiger partial charge in [0.2, 0.25) is 0 Å². The second kappa shape index (κ2) is 10.2. The van der Waals surface area contributed by atoms with E-state index in [2.05, 4.69) is 27.9 Å². The van der Waals surface area contributed by atoms with Gasteiger partial charge < -0.3 is 19.7 Å². The molecule has 0 radical (unpaired) electrons. The fraction of sp³-hybridized carbons (Fsp3) is 0.333. The Balaban J connectivity index is 1.85. The number of hydrogen-bond acceptors (Lipinski definition) is 5. The third-order valence-electron chi connectivity index (χ3n) is 4.74. The van der Waals surface area contributed by atoms with Crippen molar-refractivity contribution >= 4 is 57.4 Å². The topological polar surface area (TPSA) is 67.9 Å². The average molecular weight is 529 g/mol. The first kappa shape index (κ1) is 21.7. The molecule has 1 amide bonds. The van der Waals surface area contributed by atoms with Crippen LogP contribution < -0.4 is 10.1 Å². The Hall–Kier alpha value is -2.00.